The standard InChI is InChI=1S/C9H14N4OS/c1-13(2)9-6(7(10)12-15-9)8(14)11-5-3-4-5/h5H,3-4H2,1-2H3,(H2,10,12)(H,11,14). The van der Waals surface area contributed by atoms with Crippen LogP contribution in [0.3, 0.4) is 0 Å². The van der Waals surface area contributed by atoms with E-state index in [1.807, 2.05) is 19.0 Å². The number of anilines is 2. The number of nitrogen functional groups attached to an aromatic ring is 1. The Balaban J connectivity index is 2.23. The number of amides is 1. The smallest absolute Gasteiger partial charge is 0.258 e. The lowest BCUT2D eigenvalue weighted by atomic mass is 10.3. The third-order valence-corrected chi connectivity index (χ3v) is 3.28. The summed E-state index contributed by atoms with van der Waals surface area (Å²) in [6.45, 7) is 0. The van der Waals surface area contributed by atoms with E-state index in [1.165, 1.54) is 11.5 Å². The van der Waals surface area contributed by atoms with E-state index in [0.29, 0.717) is 17.4 Å². The summed E-state index contributed by atoms with van der Waals surface area (Å²) in [4.78, 5) is 13.7. The second-order valence-corrected chi connectivity index (χ2v) is 4.64. The average Bonchev–Trinajstić information content (AvgIpc) is 2.86. The highest BCUT2D eigenvalue weighted by Crippen LogP contribution is 2.30. The third-order valence-electron chi connectivity index (χ3n) is 2.25. The molecule has 2 rings (SSSR count). The number of nitrogens with zero attached hydrogens (tertiary/aromatic N) is 2. The Bertz CT molecular complexity index is 383. The first-order valence-electron chi connectivity index (χ1n) is 4.83. The van der Waals surface area contributed by atoms with E-state index in [1.54, 1.807) is 0 Å². The minimum Gasteiger partial charge on any atom is -0.382 e. The Labute approximate surface area is 92.4 Å². The van der Waals surface area contributed by atoms with E-state index in [4.69, 9.17) is 5.73 Å². The van der Waals surface area contributed by atoms with Gasteiger partial charge in [0.2, 0.25) is 0 Å². The summed E-state index contributed by atoms with van der Waals surface area (Å²) in [5.74, 6) is 0.217. The van der Waals surface area contributed by atoms with Gasteiger partial charge < -0.3 is 16.0 Å². The molecule has 1 saturated carbocycles. The summed E-state index contributed by atoms with van der Waals surface area (Å²) in [6, 6.07) is 0.340. The molecule has 1 aromatic rings. The van der Waals surface area contributed by atoms with Gasteiger partial charge in [0.05, 0.1) is 0 Å². The average molecular weight is 226 g/mol. The van der Waals surface area contributed by atoms with Gasteiger partial charge in [0.15, 0.2) is 5.82 Å². The van der Waals surface area contributed by atoms with Crippen molar-refractivity contribution in [3.63, 3.8) is 0 Å². The number of carbonyl (C=O) groups is 1. The van der Waals surface area contributed by atoms with Gasteiger partial charge >= 0.3 is 0 Å². The highest BCUT2D eigenvalue weighted by molar-refractivity contribution is 7.11. The minimum absolute atomic E-state index is 0.104. The van der Waals surface area contributed by atoms with Gasteiger partial charge in [0.25, 0.3) is 5.91 Å². The molecule has 0 bridgehead atoms. The predicted molar refractivity (Wildman–Crippen MR) is 61.3 cm³/mol. The van der Waals surface area contributed by atoms with E-state index in [-0.39, 0.29) is 5.91 Å². The molecule has 3 N–H and O–H groups in total. The topological polar surface area (TPSA) is 71.2 Å². The van der Waals surface area contributed by atoms with E-state index >= 15 is 0 Å². The van der Waals surface area contributed by atoms with Crippen molar-refractivity contribution in [1.29, 1.82) is 0 Å². The number of hydrogen-bond acceptors (Lipinski definition) is 5. The molecule has 0 unspecified atom stereocenters. The maximum Gasteiger partial charge on any atom is 0.258 e. The summed E-state index contributed by atoms with van der Waals surface area (Å²) in [6.07, 6.45) is 2.14. The van der Waals surface area contributed by atoms with Gasteiger partial charge in [-0.1, -0.05) is 0 Å². The molecule has 5 nitrogen and oxygen atoms in total. The summed E-state index contributed by atoms with van der Waals surface area (Å²) in [5, 5.41) is 3.72. The third kappa shape index (κ3) is 2.04. The molecule has 0 atom stereocenters. The normalized spacial score (nSPS) is 15.1. The van der Waals surface area contributed by atoms with Gasteiger partial charge in [-0.15, -0.1) is 0 Å². The molecule has 0 aliphatic heterocycles. The maximum absolute atomic E-state index is 11.9. The Kier molecular flexibility index (Phi) is 2.52. The predicted octanol–water partition coefficient (Wildman–Crippen LogP) is 0.683. The van der Waals surface area contributed by atoms with Crippen molar-refractivity contribution >= 4 is 28.3 Å². The van der Waals surface area contributed by atoms with Gasteiger partial charge in [-0.05, 0) is 24.4 Å². The lowest BCUT2D eigenvalue weighted by Gasteiger charge is -2.11. The highest BCUT2D eigenvalue weighted by atomic mass is 32.1. The molecule has 0 aromatic carbocycles. The molecule has 1 fully saturated rings. The fourth-order valence-electron chi connectivity index (χ4n) is 1.30. The molecule has 82 valence electrons. The second-order valence-electron chi connectivity index (χ2n) is 3.89. The monoisotopic (exact) mass is 226 g/mol. The summed E-state index contributed by atoms with van der Waals surface area (Å²) < 4.78 is 4.00. The summed E-state index contributed by atoms with van der Waals surface area (Å²) in [5.41, 5.74) is 6.20. The van der Waals surface area contributed by atoms with E-state index in [2.05, 4.69) is 9.69 Å². The fourth-order valence-corrected chi connectivity index (χ4v) is 2.03. The van der Waals surface area contributed by atoms with Crippen molar-refractivity contribution in [3.05, 3.63) is 5.56 Å². The molecule has 0 radical (unpaired) electrons. The summed E-state index contributed by atoms with van der Waals surface area (Å²) >= 11 is 1.25. The molecule has 15 heavy (non-hydrogen) atoms. The van der Waals surface area contributed by atoms with Crippen LogP contribution in [-0.2, 0) is 0 Å². The van der Waals surface area contributed by atoms with Crippen molar-refractivity contribution < 1.29 is 4.79 Å². The zero-order valence-corrected chi connectivity index (χ0v) is 9.60. The van der Waals surface area contributed by atoms with Crippen LogP contribution in [0.15, 0.2) is 0 Å². The van der Waals surface area contributed by atoms with Gasteiger partial charge in [0.1, 0.15) is 10.6 Å². The van der Waals surface area contributed by atoms with Crippen molar-refractivity contribution in [2.24, 2.45) is 0 Å². The van der Waals surface area contributed by atoms with Gasteiger partial charge in [0, 0.05) is 20.1 Å². The Morgan fingerprint density at radius 3 is 2.80 bits per heavy atom. The van der Waals surface area contributed by atoms with Crippen LogP contribution in [0.25, 0.3) is 0 Å². The fraction of sp³-hybridized carbons (Fsp3) is 0.556. The Morgan fingerprint density at radius 2 is 2.27 bits per heavy atom. The van der Waals surface area contributed by atoms with Gasteiger partial charge in [-0.2, -0.15) is 4.37 Å². The molecular formula is C9H14N4OS. The zero-order valence-electron chi connectivity index (χ0n) is 8.78. The number of nitrogens with one attached hydrogen (secondary N) is 1. The first-order valence-corrected chi connectivity index (χ1v) is 5.60. The minimum atomic E-state index is -0.104. The number of rotatable bonds is 3. The Hall–Kier alpha value is -1.30. The first kappa shape index (κ1) is 10.2. The molecule has 1 heterocycles. The zero-order chi connectivity index (χ0) is 11.0. The molecule has 1 aliphatic rings. The van der Waals surface area contributed by atoms with Crippen molar-refractivity contribution in [2.75, 3.05) is 24.7 Å². The molecule has 1 amide bonds. The lowest BCUT2D eigenvalue weighted by Crippen LogP contribution is -2.27. The molecular weight excluding hydrogens is 212 g/mol. The van der Waals surface area contributed by atoms with E-state index in [0.717, 1.165) is 17.8 Å². The van der Waals surface area contributed by atoms with Crippen molar-refractivity contribution in [1.82, 2.24) is 9.69 Å². The van der Waals surface area contributed by atoms with E-state index in [9.17, 15) is 4.79 Å². The summed E-state index contributed by atoms with van der Waals surface area (Å²) in [7, 11) is 3.75. The first-order chi connectivity index (χ1) is 7.09. The van der Waals surface area contributed by atoms with Crippen LogP contribution in [0.4, 0.5) is 10.8 Å². The molecule has 1 aromatic heterocycles. The maximum atomic E-state index is 11.9. The van der Waals surface area contributed by atoms with Crippen LogP contribution in [0.2, 0.25) is 0 Å². The highest BCUT2D eigenvalue weighted by Gasteiger charge is 2.27. The second kappa shape index (κ2) is 3.69. The molecule has 0 spiro atoms. The molecule has 0 saturated heterocycles. The van der Waals surface area contributed by atoms with Crippen LogP contribution < -0.4 is 16.0 Å². The Morgan fingerprint density at radius 1 is 1.60 bits per heavy atom. The SMILES string of the molecule is CN(C)c1snc(N)c1C(=O)NC1CC1. The van der Waals surface area contributed by atoms with E-state index < -0.39 is 0 Å². The quantitative estimate of drug-likeness (QED) is 0.795. The van der Waals surface area contributed by atoms with Crippen molar-refractivity contribution in [2.45, 2.75) is 18.9 Å². The van der Waals surface area contributed by atoms with Crippen LogP contribution in [0, 0.1) is 0 Å². The number of aromatic nitrogens is 1. The van der Waals surface area contributed by atoms with Crippen LogP contribution >= 0.6 is 11.5 Å². The molecule has 6 heteroatoms. The van der Waals surface area contributed by atoms with Crippen LogP contribution in [0.5, 0.6) is 0 Å². The van der Waals surface area contributed by atoms with Crippen molar-refractivity contribution in [3.8, 4) is 0 Å². The number of hydrogen-bond donors (Lipinski definition) is 2. The largest absolute Gasteiger partial charge is 0.382 e. The van der Waals surface area contributed by atoms with Gasteiger partial charge in [-0.25, -0.2) is 0 Å². The number of nitrogens with two attached hydrogens (primary N) is 1. The lowest BCUT2D eigenvalue weighted by molar-refractivity contribution is 0.0953. The van der Waals surface area contributed by atoms with Crippen LogP contribution in [-0.4, -0.2) is 30.4 Å². The number of carbonyl (C=O) groups excluding carboxylic acids is 1. The van der Waals surface area contributed by atoms with Crippen LogP contribution in [0.1, 0.15) is 23.2 Å². The molecule has 1 aliphatic carbocycles. The van der Waals surface area contributed by atoms with Gasteiger partial charge in [-0.3, -0.25) is 4.79 Å².